The molecule has 1 saturated carbocycles. The molecule has 0 amide bonds. The number of rotatable bonds is 3. The van der Waals surface area contributed by atoms with E-state index in [9.17, 15) is 5.11 Å². The van der Waals surface area contributed by atoms with Crippen molar-refractivity contribution in [2.75, 3.05) is 18.5 Å². The summed E-state index contributed by atoms with van der Waals surface area (Å²) < 4.78 is 1.80. The average molecular weight is 246 g/mol. The number of aliphatic hydroxyl groups is 1. The minimum atomic E-state index is -0.552. The van der Waals surface area contributed by atoms with Gasteiger partial charge in [-0.05, 0) is 18.9 Å². The van der Waals surface area contributed by atoms with Crippen molar-refractivity contribution in [1.82, 2.24) is 14.6 Å². The molecule has 1 fully saturated rings. The van der Waals surface area contributed by atoms with E-state index in [0.29, 0.717) is 6.54 Å². The molecule has 2 heterocycles. The number of hydrogen-bond donors (Lipinski definition) is 1. The average Bonchev–Trinajstić information content (AvgIpc) is 2.96. The summed E-state index contributed by atoms with van der Waals surface area (Å²) >= 11 is 0. The Bertz CT molecular complexity index is 545. The number of nitrogens with zero attached hydrogens (tertiary/aromatic N) is 4. The van der Waals surface area contributed by atoms with Crippen LogP contribution in [0.15, 0.2) is 24.7 Å². The van der Waals surface area contributed by atoms with Crippen LogP contribution in [-0.2, 0) is 0 Å². The molecule has 18 heavy (non-hydrogen) atoms. The van der Waals surface area contributed by atoms with Gasteiger partial charge in [-0.15, -0.1) is 0 Å². The first kappa shape index (κ1) is 11.5. The summed E-state index contributed by atoms with van der Waals surface area (Å²) in [5.74, 6) is 0.871. The summed E-state index contributed by atoms with van der Waals surface area (Å²) in [4.78, 5) is 6.44. The maximum atomic E-state index is 10.5. The normalized spacial score (nSPS) is 18.3. The van der Waals surface area contributed by atoms with Crippen molar-refractivity contribution < 1.29 is 5.11 Å². The second-order valence-corrected chi connectivity index (χ2v) is 5.20. The van der Waals surface area contributed by atoms with Gasteiger partial charge in [-0.1, -0.05) is 12.8 Å². The summed E-state index contributed by atoms with van der Waals surface area (Å²) in [6.07, 6.45) is 9.35. The number of likely N-dealkylation sites (N-methyl/N-ethyl adjacent to an activating group) is 1. The zero-order valence-electron chi connectivity index (χ0n) is 10.6. The Balaban J connectivity index is 1.87. The van der Waals surface area contributed by atoms with Crippen LogP contribution in [0.1, 0.15) is 25.7 Å². The zero-order valence-corrected chi connectivity index (χ0v) is 10.6. The predicted molar refractivity (Wildman–Crippen MR) is 69.7 cm³/mol. The number of hydrogen-bond acceptors (Lipinski definition) is 4. The first-order valence-electron chi connectivity index (χ1n) is 6.40. The second-order valence-electron chi connectivity index (χ2n) is 5.20. The second kappa shape index (κ2) is 4.24. The van der Waals surface area contributed by atoms with Crippen molar-refractivity contribution in [2.24, 2.45) is 0 Å². The largest absolute Gasteiger partial charge is 0.388 e. The molecule has 0 aliphatic heterocycles. The van der Waals surface area contributed by atoms with E-state index in [1.807, 2.05) is 24.2 Å². The van der Waals surface area contributed by atoms with Gasteiger partial charge < -0.3 is 10.0 Å². The van der Waals surface area contributed by atoms with Gasteiger partial charge in [0.1, 0.15) is 5.52 Å². The number of anilines is 1. The molecule has 1 aliphatic rings. The fraction of sp³-hybridized carbons (Fsp3) is 0.538. The minimum Gasteiger partial charge on any atom is -0.388 e. The van der Waals surface area contributed by atoms with E-state index in [4.69, 9.17) is 0 Å². The van der Waals surface area contributed by atoms with Gasteiger partial charge in [0.25, 0.3) is 0 Å². The lowest BCUT2D eigenvalue weighted by Gasteiger charge is -2.29. The topological polar surface area (TPSA) is 53.7 Å². The summed E-state index contributed by atoms with van der Waals surface area (Å²) in [7, 11) is 1.98. The molecular weight excluding hydrogens is 228 g/mol. The van der Waals surface area contributed by atoms with E-state index in [1.165, 1.54) is 0 Å². The Kier molecular flexibility index (Phi) is 2.70. The molecular formula is C13H18N4O. The van der Waals surface area contributed by atoms with E-state index >= 15 is 0 Å². The molecule has 5 heteroatoms. The maximum absolute atomic E-state index is 10.5. The van der Waals surface area contributed by atoms with E-state index < -0.39 is 5.60 Å². The van der Waals surface area contributed by atoms with Crippen LogP contribution in [0.3, 0.4) is 0 Å². The Morgan fingerprint density at radius 2 is 2.17 bits per heavy atom. The Labute approximate surface area is 106 Å². The van der Waals surface area contributed by atoms with Crippen molar-refractivity contribution in [3.63, 3.8) is 0 Å². The first-order chi connectivity index (χ1) is 8.68. The van der Waals surface area contributed by atoms with Gasteiger partial charge >= 0.3 is 0 Å². The van der Waals surface area contributed by atoms with E-state index in [0.717, 1.165) is 37.0 Å². The van der Waals surface area contributed by atoms with Crippen molar-refractivity contribution >= 4 is 11.3 Å². The Morgan fingerprint density at radius 3 is 2.94 bits per heavy atom. The quantitative estimate of drug-likeness (QED) is 0.891. The first-order valence-corrected chi connectivity index (χ1v) is 6.40. The minimum absolute atomic E-state index is 0.552. The molecule has 1 aliphatic carbocycles. The molecule has 1 N–H and O–H groups in total. The van der Waals surface area contributed by atoms with Crippen molar-refractivity contribution in [3.8, 4) is 0 Å². The van der Waals surface area contributed by atoms with Crippen LogP contribution in [0.25, 0.3) is 5.52 Å². The molecule has 2 aromatic heterocycles. The number of fused-ring (bicyclic) bond motifs is 1. The fourth-order valence-corrected chi connectivity index (χ4v) is 2.85. The van der Waals surface area contributed by atoms with Gasteiger partial charge in [-0.25, -0.2) is 9.50 Å². The molecule has 0 radical (unpaired) electrons. The molecule has 0 unspecified atom stereocenters. The zero-order chi connectivity index (χ0) is 12.6. The van der Waals surface area contributed by atoms with E-state index in [2.05, 4.69) is 10.1 Å². The standard InChI is InChI=1S/C13H18N4O/c1-16(10-13(18)5-2-3-6-13)12-11-4-7-15-17(11)9-8-14-12/h4,7-9,18H,2-3,5-6,10H2,1H3. The van der Waals surface area contributed by atoms with Gasteiger partial charge in [-0.3, -0.25) is 0 Å². The molecule has 2 aromatic rings. The molecule has 5 nitrogen and oxygen atoms in total. The highest BCUT2D eigenvalue weighted by Crippen LogP contribution is 2.31. The van der Waals surface area contributed by atoms with Crippen LogP contribution in [0.5, 0.6) is 0 Å². The molecule has 0 aromatic carbocycles. The highest BCUT2D eigenvalue weighted by molar-refractivity contribution is 5.67. The van der Waals surface area contributed by atoms with Crippen LogP contribution >= 0.6 is 0 Å². The molecule has 0 saturated heterocycles. The van der Waals surface area contributed by atoms with Gasteiger partial charge in [0.05, 0.1) is 11.8 Å². The maximum Gasteiger partial charge on any atom is 0.154 e. The van der Waals surface area contributed by atoms with Gasteiger partial charge in [0, 0.05) is 26.0 Å². The molecule has 0 atom stereocenters. The highest BCUT2D eigenvalue weighted by atomic mass is 16.3. The van der Waals surface area contributed by atoms with E-state index in [1.54, 1.807) is 16.9 Å². The van der Waals surface area contributed by atoms with Crippen molar-refractivity contribution in [3.05, 3.63) is 24.7 Å². The number of aromatic nitrogens is 3. The third-order valence-corrected chi connectivity index (χ3v) is 3.73. The molecule has 3 rings (SSSR count). The summed E-state index contributed by atoms with van der Waals surface area (Å²) in [5, 5.41) is 14.7. The molecule has 0 bridgehead atoms. The predicted octanol–water partition coefficient (Wildman–Crippen LogP) is 1.47. The van der Waals surface area contributed by atoms with Crippen LogP contribution in [0.4, 0.5) is 5.82 Å². The Hall–Kier alpha value is -1.62. The van der Waals surface area contributed by atoms with E-state index in [-0.39, 0.29) is 0 Å². The van der Waals surface area contributed by atoms with Crippen LogP contribution in [0, 0.1) is 0 Å². The van der Waals surface area contributed by atoms with Gasteiger partial charge in [-0.2, -0.15) is 5.10 Å². The third-order valence-electron chi connectivity index (χ3n) is 3.73. The lowest BCUT2D eigenvalue weighted by Crippen LogP contribution is -2.39. The van der Waals surface area contributed by atoms with Gasteiger partial charge in [0.15, 0.2) is 5.82 Å². The smallest absolute Gasteiger partial charge is 0.154 e. The third kappa shape index (κ3) is 1.95. The Morgan fingerprint density at radius 1 is 1.39 bits per heavy atom. The van der Waals surface area contributed by atoms with Gasteiger partial charge in [0.2, 0.25) is 0 Å². The molecule has 96 valence electrons. The fourth-order valence-electron chi connectivity index (χ4n) is 2.85. The summed E-state index contributed by atoms with van der Waals surface area (Å²) in [6.45, 7) is 0.630. The SMILES string of the molecule is CN(CC1(O)CCCC1)c1nccn2nccc12. The van der Waals surface area contributed by atoms with Crippen molar-refractivity contribution in [1.29, 1.82) is 0 Å². The molecule has 0 spiro atoms. The highest BCUT2D eigenvalue weighted by Gasteiger charge is 2.32. The van der Waals surface area contributed by atoms with Crippen LogP contribution in [-0.4, -0.2) is 38.9 Å². The lowest BCUT2D eigenvalue weighted by atomic mass is 10.0. The monoisotopic (exact) mass is 246 g/mol. The van der Waals surface area contributed by atoms with Crippen LogP contribution < -0.4 is 4.90 Å². The lowest BCUT2D eigenvalue weighted by molar-refractivity contribution is 0.0558. The summed E-state index contributed by atoms with van der Waals surface area (Å²) in [6, 6.07) is 1.94. The van der Waals surface area contributed by atoms with Crippen LogP contribution in [0.2, 0.25) is 0 Å². The van der Waals surface area contributed by atoms with Crippen molar-refractivity contribution in [2.45, 2.75) is 31.3 Å². The summed E-state index contributed by atoms with van der Waals surface area (Å²) in [5.41, 5.74) is 0.421.